The Morgan fingerprint density at radius 2 is 2.00 bits per heavy atom. The third-order valence-corrected chi connectivity index (χ3v) is 3.48. The molecule has 1 amide bonds. The van der Waals surface area contributed by atoms with Crippen LogP contribution in [0, 0.1) is 6.92 Å². The number of allylic oxidation sites excluding steroid dienone is 1. The summed E-state index contributed by atoms with van der Waals surface area (Å²) in [5.41, 5.74) is 3.73. The number of anilines is 1. The number of rotatable bonds is 3. The summed E-state index contributed by atoms with van der Waals surface area (Å²) in [5.74, 6) is 0.469. The van der Waals surface area contributed by atoms with E-state index in [2.05, 4.69) is 5.32 Å². The fraction of sp³-hybridized carbons (Fsp3) is 0.111. The molecule has 1 aliphatic heterocycles. The van der Waals surface area contributed by atoms with Gasteiger partial charge in [0.2, 0.25) is 0 Å². The fourth-order valence-electron chi connectivity index (χ4n) is 2.46. The van der Waals surface area contributed by atoms with Gasteiger partial charge in [-0.15, -0.1) is 0 Å². The second-order valence-electron chi connectivity index (χ2n) is 5.13. The molecule has 0 fully saturated rings. The Labute approximate surface area is 128 Å². The largest absolute Gasteiger partial charge is 0.481 e. The summed E-state index contributed by atoms with van der Waals surface area (Å²) in [6.07, 6.45) is 2.64. The van der Waals surface area contributed by atoms with E-state index in [9.17, 15) is 9.59 Å². The molecule has 0 radical (unpaired) electrons. The molecule has 0 unspecified atom stereocenters. The first kappa shape index (κ1) is 14.1. The van der Waals surface area contributed by atoms with Crippen molar-refractivity contribution in [1.82, 2.24) is 0 Å². The van der Waals surface area contributed by atoms with Gasteiger partial charge >= 0.3 is 0 Å². The van der Waals surface area contributed by atoms with Crippen molar-refractivity contribution in [1.29, 1.82) is 0 Å². The highest BCUT2D eigenvalue weighted by Gasteiger charge is 2.19. The maximum atomic E-state index is 11.5. The van der Waals surface area contributed by atoms with Gasteiger partial charge in [0.1, 0.15) is 5.75 Å². The average Bonchev–Trinajstić information content (AvgIpc) is 2.53. The molecule has 1 heterocycles. The summed E-state index contributed by atoms with van der Waals surface area (Å²) in [5, 5.41) is 2.78. The highest BCUT2D eigenvalue weighted by Crippen LogP contribution is 2.34. The number of hydrogen-bond acceptors (Lipinski definition) is 3. The summed E-state index contributed by atoms with van der Waals surface area (Å²) < 4.78 is 5.43. The monoisotopic (exact) mass is 293 g/mol. The van der Waals surface area contributed by atoms with Crippen LogP contribution in [0.15, 0.2) is 42.5 Å². The lowest BCUT2D eigenvalue weighted by molar-refractivity contribution is -0.118. The quantitative estimate of drug-likeness (QED) is 0.537. The van der Waals surface area contributed by atoms with Gasteiger partial charge in [0.25, 0.3) is 5.91 Å². The first-order valence-electron chi connectivity index (χ1n) is 6.97. The van der Waals surface area contributed by atoms with Crippen molar-refractivity contribution >= 4 is 29.5 Å². The molecule has 110 valence electrons. The molecule has 0 saturated carbocycles. The first-order valence-corrected chi connectivity index (χ1v) is 6.97. The van der Waals surface area contributed by atoms with Crippen LogP contribution in [0.25, 0.3) is 11.6 Å². The summed E-state index contributed by atoms with van der Waals surface area (Å²) in [6, 6.07) is 13.3. The zero-order valence-corrected chi connectivity index (χ0v) is 12.1. The third kappa shape index (κ3) is 2.76. The molecule has 4 heteroatoms. The lowest BCUT2D eigenvalue weighted by atomic mass is 10.00. The van der Waals surface area contributed by atoms with Gasteiger partial charge in [-0.1, -0.05) is 30.3 Å². The molecular weight excluding hydrogens is 278 g/mol. The van der Waals surface area contributed by atoms with E-state index in [1.165, 1.54) is 0 Å². The molecule has 4 nitrogen and oxygen atoms in total. The van der Waals surface area contributed by atoms with Gasteiger partial charge in [0, 0.05) is 5.57 Å². The minimum atomic E-state index is -0.191. The molecule has 0 spiro atoms. The molecule has 0 aliphatic carbocycles. The molecule has 0 saturated heterocycles. The lowest BCUT2D eigenvalue weighted by Gasteiger charge is -2.20. The molecule has 0 atom stereocenters. The molecule has 22 heavy (non-hydrogen) atoms. The number of carbonyl (C=O) groups excluding carboxylic acids is 2. The van der Waals surface area contributed by atoms with Crippen molar-refractivity contribution < 1.29 is 14.3 Å². The van der Waals surface area contributed by atoms with E-state index in [-0.39, 0.29) is 12.5 Å². The number of ether oxygens (including phenoxy) is 1. The Hall–Kier alpha value is -2.88. The van der Waals surface area contributed by atoms with Gasteiger partial charge in [0.15, 0.2) is 12.9 Å². The zero-order valence-electron chi connectivity index (χ0n) is 12.1. The Morgan fingerprint density at radius 3 is 2.73 bits per heavy atom. The van der Waals surface area contributed by atoms with Crippen LogP contribution < -0.4 is 10.1 Å². The van der Waals surface area contributed by atoms with Crippen LogP contribution in [0.2, 0.25) is 0 Å². The van der Waals surface area contributed by atoms with Crippen molar-refractivity contribution in [2.45, 2.75) is 6.92 Å². The smallest absolute Gasteiger partial charge is 0.262 e. The first-order chi connectivity index (χ1) is 10.7. The van der Waals surface area contributed by atoms with Crippen molar-refractivity contribution in [2.24, 2.45) is 0 Å². The SMILES string of the molecule is Cc1cc(/C(C=O)=C/c2ccccc2)cc2c1OCC(=O)N2. The predicted molar refractivity (Wildman–Crippen MR) is 85.7 cm³/mol. The molecule has 1 aliphatic rings. The maximum absolute atomic E-state index is 11.5. The fourth-order valence-corrected chi connectivity index (χ4v) is 2.46. The Bertz CT molecular complexity index is 763. The maximum Gasteiger partial charge on any atom is 0.262 e. The summed E-state index contributed by atoms with van der Waals surface area (Å²) in [7, 11) is 0. The standard InChI is InChI=1S/C18H15NO3/c1-12-7-14(9-16-18(12)22-11-17(21)19-16)15(10-20)8-13-5-3-2-4-6-13/h2-10H,11H2,1H3,(H,19,21)/b15-8+. The van der Waals surface area contributed by atoms with Crippen molar-refractivity contribution in [3.63, 3.8) is 0 Å². The Kier molecular flexibility index (Phi) is 3.74. The van der Waals surface area contributed by atoms with Gasteiger partial charge in [-0.25, -0.2) is 0 Å². The van der Waals surface area contributed by atoms with Gasteiger partial charge in [-0.3, -0.25) is 9.59 Å². The normalized spacial score (nSPS) is 13.9. The number of amides is 1. The van der Waals surface area contributed by atoms with Crippen LogP contribution in [0.3, 0.4) is 0 Å². The van der Waals surface area contributed by atoms with Crippen molar-refractivity contribution in [3.05, 3.63) is 59.2 Å². The Morgan fingerprint density at radius 1 is 1.23 bits per heavy atom. The van der Waals surface area contributed by atoms with Gasteiger partial charge < -0.3 is 10.1 Å². The molecular formula is C18H15NO3. The highest BCUT2D eigenvalue weighted by molar-refractivity contribution is 6.14. The van der Waals surface area contributed by atoms with Crippen LogP contribution in [-0.2, 0) is 9.59 Å². The van der Waals surface area contributed by atoms with E-state index in [1.807, 2.05) is 49.4 Å². The summed E-state index contributed by atoms with van der Waals surface area (Å²) in [6.45, 7) is 1.92. The number of carbonyl (C=O) groups is 2. The third-order valence-electron chi connectivity index (χ3n) is 3.48. The van der Waals surface area contributed by atoms with Crippen LogP contribution in [0.1, 0.15) is 16.7 Å². The summed E-state index contributed by atoms with van der Waals surface area (Å²) in [4.78, 5) is 22.9. The van der Waals surface area contributed by atoms with Crippen molar-refractivity contribution in [3.8, 4) is 5.75 Å². The van der Waals surface area contributed by atoms with E-state index >= 15 is 0 Å². The number of aryl methyl sites for hydroxylation is 1. The topological polar surface area (TPSA) is 55.4 Å². The van der Waals surface area contributed by atoms with E-state index in [0.717, 1.165) is 23.0 Å². The van der Waals surface area contributed by atoms with E-state index < -0.39 is 0 Å². The van der Waals surface area contributed by atoms with Gasteiger partial charge in [0.05, 0.1) is 5.69 Å². The van der Waals surface area contributed by atoms with E-state index in [4.69, 9.17) is 4.74 Å². The number of fused-ring (bicyclic) bond motifs is 1. The van der Waals surface area contributed by atoms with E-state index in [0.29, 0.717) is 17.0 Å². The molecule has 2 aromatic carbocycles. The van der Waals surface area contributed by atoms with Crippen LogP contribution in [0.5, 0.6) is 5.75 Å². The Balaban J connectivity index is 2.05. The average molecular weight is 293 g/mol. The van der Waals surface area contributed by atoms with Crippen LogP contribution in [-0.4, -0.2) is 18.8 Å². The van der Waals surface area contributed by atoms with Crippen LogP contribution in [0.4, 0.5) is 5.69 Å². The number of benzene rings is 2. The number of hydrogen-bond donors (Lipinski definition) is 1. The minimum Gasteiger partial charge on any atom is -0.481 e. The molecule has 2 aromatic rings. The highest BCUT2D eigenvalue weighted by atomic mass is 16.5. The second kappa shape index (κ2) is 5.85. The number of aldehydes is 1. The summed E-state index contributed by atoms with van der Waals surface area (Å²) >= 11 is 0. The van der Waals surface area contributed by atoms with Crippen LogP contribution >= 0.6 is 0 Å². The minimum absolute atomic E-state index is 0.0214. The zero-order chi connectivity index (χ0) is 15.5. The lowest BCUT2D eigenvalue weighted by Crippen LogP contribution is -2.26. The molecule has 0 aromatic heterocycles. The van der Waals surface area contributed by atoms with Crippen molar-refractivity contribution in [2.75, 3.05) is 11.9 Å². The van der Waals surface area contributed by atoms with Gasteiger partial charge in [-0.2, -0.15) is 0 Å². The second-order valence-corrected chi connectivity index (χ2v) is 5.13. The predicted octanol–water partition coefficient (Wildman–Crippen LogP) is 3.07. The molecule has 0 bridgehead atoms. The molecule has 1 N–H and O–H groups in total. The number of nitrogens with one attached hydrogen (secondary N) is 1. The van der Waals surface area contributed by atoms with Gasteiger partial charge in [-0.05, 0) is 41.8 Å². The van der Waals surface area contributed by atoms with E-state index in [1.54, 1.807) is 6.07 Å². The molecule has 3 rings (SSSR count).